The van der Waals surface area contributed by atoms with Crippen molar-refractivity contribution in [2.75, 3.05) is 7.05 Å². The summed E-state index contributed by atoms with van der Waals surface area (Å²) in [6.45, 7) is 4.42. The Labute approximate surface area is 114 Å². The summed E-state index contributed by atoms with van der Waals surface area (Å²) < 4.78 is 5.04. The average Bonchev–Trinajstić information content (AvgIpc) is 3.00. The van der Waals surface area contributed by atoms with E-state index in [2.05, 4.69) is 10.5 Å². The molecule has 1 atom stereocenters. The Morgan fingerprint density at radius 2 is 2.26 bits per heavy atom. The average molecular weight is 265 g/mol. The highest BCUT2D eigenvalue weighted by Gasteiger charge is 2.23. The maximum Gasteiger partial charge on any atom is 0.237 e. The van der Waals surface area contributed by atoms with Gasteiger partial charge in [-0.25, -0.2) is 0 Å². The molecule has 1 aromatic heterocycles. The number of rotatable bonds is 5. The number of nitrogens with one attached hydrogen (secondary N) is 1. The van der Waals surface area contributed by atoms with Gasteiger partial charge in [-0.2, -0.15) is 0 Å². The first-order valence-electron chi connectivity index (χ1n) is 6.99. The first kappa shape index (κ1) is 14.1. The van der Waals surface area contributed by atoms with Gasteiger partial charge < -0.3 is 9.84 Å². The van der Waals surface area contributed by atoms with Crippen LogP contribution in [-0.2, 0) is 11.3 Å². The first-order chi connectivity index (χ1) is 9.06. The van der Waals surface area contributed by atoms with Crippen molar-refractivity contribution in [2.45, 2.75) is 58.2 Å². The van der Waals surface area contributed by atoms with Crippen molar-refractivity contribution in [1.29, 1.82) is 0 Å². The molecule has 5 nitrogen and oxygen atoms in total. The monoisotopic (exact) mass is 265 g/mol. The number of aromatic nitrogens is 1. The van der Waals surface area contributed by atoms with Gasteiger partial charge in [-0.3, -0.25) is 9.69 Å². The minimum atomic E-state index is -0.155. The molecule has 1 heterocycles. The molecule has 2 rings (SSSR count). The summed E-state index contributed by atoms with van der Waals surface area (Å²) in [7, 11) is 1.93. The number of carbonyl (C=O) groups excluding carboxylic acids is 1. The van der Waals surface area contributed by atoms with Crippen LogP contribution < -0.4 is 5.32 Å². The molecule has 1 fully saturated rings. The molecule has 0 aromatic carbocycles. The molecule has 0 radical (unpaired) electrons. The molecule has 1 aliphatic rings. The third-order valence-electron chi connectivity index (χ3n) is 3.83. The van der Waals surface area contributed by atoms with Crippen LogP contribution in [-0.4, -0.2) is 35.1 Å². The lowest BCUT2D eigenvalue weighted by molar-refractivity contribution is -0.126. The lowest BCUT2D eigenvalue weighted by atomic mass is 10.2. The summed E-state index contributed by atoms with van der Waals surface area (Å²) in [4.78, 5) is 14.1. The van der Waals surface area contributed by atoms with E-state index in [-0.39, 0.29) is 11.9 Å². The van der Waals surface area contributed by atoms with Crippen LogP contribution in [0.15, 0.2) is 10.6 Å². The zero-order chi connectivity index (χ0) is 13.8. The molecule has 1 amide bonds. The largest absolute Gasteiger partial charge is 0.361 e. The second-order valence-electron chi connectivity index (χ2n) is 5.51. The van der Waals surface area contributed by atoms with Gasteiger partial charge in [0.1, 0.15) is 5.76 Å². The van der Waals surface area contributed by atoms with Crippen LogP contribution in [0, 0.1) is 6.92 Å². The van der Waals surface area contributed by atoms with E-state index >= 15 is 0 Å². The fraction of sp³-hybridized carbons (Fsp3) is 0.714. The summed E-state index contributed by atoms with van der Waals surface area (Å²) in [6, 6.07) is 2.12. The third kappa shape index (κ3) is 3.80. The summed E-state index contributed by atoms with van der Waals surface area (Å²) >= 11 is 0. The van der Waals surface area contributed by atoms with E-state index in [0.717, 1.165) is 24.3 Å². The van der Waals surface area contributed by atoms with Crippen LogP contribution in [0.2, 0.25) is 0 Å². The third-order valence-corrected chi connectivity index (χ3v) is 3.83. The van der Waals surface area contributed by atoms with Crippen molar-refractivity contribution < 1.29 is 9.32 Å². The molecule has 0 saturated heterocycles. The molecule has 1 saturated carbocycles. The molecule has 1 unspecified atom stereocenters. The Morgan fingerprint density at radius 1 is 1.58 bits per heavy atom. The van der Waals surface area contributed by atoms with Gasteiger partial charge >= 0.3 is 0 Å². The lowest BCUT2D eigenvalue weighted by Crippen LogP contribution is -2.46. The second-order valence-corrected chi connectivity index (χ2v) is 5.51. The van der Waals surface area contributed by atoms with Crippen LogP contribution in [0.5, 0.6) is 0 Å². The molecule has 0 spiro atoms. The fourth-order valence-corrected chi connectivity index (χ4v) is 2.48. The van der Waals surface area contributed by atoms with E-state index in [4.69, 9.17) is 4.52 Å². The summed E-state index contributed by atoms with van der Waals surface area (Å²) in [5, 5.41) is 7.08. The molecule has 1 aliphatic carbocycles. The zero-order valence-electron chi connectivity index (χ0n) is 12.0. The Balaban J connectivity index is 1.83. The number of carbonyl (C=O) groups is 1. The first-order valence-corrected chi connectivity index (χ1v) is 6.99. The van der Waals surface area contributed by atoms with Crippen molar-refractivity contribution in [3.8, 4) is 0 Å². The highest BCUT2D eigenvalue weighted by molar-refractivity contribution is 5.81. The predicted molar refractivity (Wildman–Crippen MR) is 72.6 cm³/mol. The fourth-order valence-electron chi connectivity index (χ4n) is 2.48. The SMILES string of the molecule is Cc1cc(CN(C)C(C)C(=O)NC2CCCC2)no1. The molecule has 5 heteroatoms. The Bertz CT molecular complexity index is 424. The number of hydrogen-bond donors (Lipinski definition) is 1. The molecule has 0 bridgehead atoms. The topological polar surface area (TPSA) is 58.4 Å². The smallest absolute Gasteiger partial charge is 0.237 e. The lowest BCUT2D eigenvalue weighted by Gasteiger charge is -2.24. The number of amides is 1. The van der Waals surface area contributed by atoms with Gasteiger partial charge in [-0.05, 0) is 33.7 Å². The van der Waals surface area contributed by atoms with Crippen molar-refractivity contribution in [2.24, 2.45) is 0 Å². The van der Waals surface area contributed by atoms with Crippen molar-refractivity contribution in [3.63, 3.8) is 0 Å². The van der Waals surface area contributed by atoms with Crippen LogP contribution >= 0.6 is 0 Å². The molecular formula is C14H23N3O2. The molecule has 106 valence electrons. The number of nitrogens with zero attached hydrogens (tertiary/aromatic N) is 2. The highest BCUT2D eigenvalue weighted by Crippen LogP contribution is 2.18. The molecule has 19 heavy (non-hydrogen) atoms. The molecule has 0 aliphatic heterocycles. The molecule has 1 aromatic rings. The predicted octanol–water partition coefficient (Wildman–Crippen LogP) is 1.86. The number of hydrogen-bond acceptors (Lipinski definition) is 4. The molecule has 1 N–H and O–H groups in total. The van der Waals surface area contributed by atoms with Gasteiger partial charge in [-0.1, -0.05) is 18.0 Å². The van der Waals surface area contributed by atoms with E-state index in [1.807, 2.05) is 31.9 Å². The minimum absolute atomic E-state index is 0.106. The highest BCUT2D eigenvalue weighted by atomic mass is 16.5. The van der Waals surface area contributed by atoms with E-state index < -0.39 is 0 Å². The quantitative estimate of drug-likeness (QED) is 0.883. The zero-order valence-corrected chi connectivity index (χ0v) is 12.0. The number of aryl methyl sites for hydroxylation is 1. The van der Waals surface area contributed by atoms with Crippen LogP contribution in [0.25, 0.3) is 0 Å². The van der Waals surface area contributed by atoms with Gasteiger partial charge in [0.25, 0.3) is 0 Å². The molecular weight excluding hydrogens is 242 g/mol. The van der Waals surface area contributed by atoms with Crippen molar-refractivity contribution >= 4 is 5.91 Å². The van der Waals surface area contributed by atoms with Crippen LogP contribution in [0.4, 0.5) is 0 Å². The van der Waals surface area contributed by atoms with Crippen molar-refractivity contribution in [1.82, 2.24) is 15.4 Å². The van der Waals surface area contributed by atoms with E-state index in [1.54, 1.807) is 0 Å². The maximum atomic E-state index is 12.1. The Morgan fingerprint density at radius 3 is 2.84 bits per heavy atom. The van der Waals surface area contributed by atoms with E-state index in [0.29, 0.717) is 12.6 Å². The van der Waals surface area contributed by atoms with E-state index in [9.17, 15) is 4.79 Å². The summed E-state index contributed by atoms with van der Waals surface area (Å²) in [5.41, 5.74) is 0.862. The van der Waals surface area contributed by atoms with E-state index in [1.165, 1.54) is 12.8 Å². The van der Waals surface area contributed by atoms with Gasteiger partial charge in [0.15, 0.2) is 0 Å². The van der Waals surface area contributed by atoms with Crippen molar-refractivity contribution in [3.05, 3.63) is 17.5 Å². The van der Waals surface area contributed by atoms with Gasteiger partial charge in [0, 0.05) is 18.7 Å². The normalized spacial score (nSPS) is 17.9. The van der Waals surface area contributed by atoms with Gasteiger partial charge in [0.2, 0.25) is 5.91 Å². The Kier molecular flexibility index (Phi) is 4.58. The van der Waals surface area contributed by atoms with Crippen LogP contribution in [0.3, 0.4) is 0 Å². The maximum absolute atomic E-state index is 12.1. The number of likely N-dealkylation sites (N-methyl/N-ethyl adjacent to an activating group) is 1. The van der Waals surface area contributed by atoms with Gasteiger partial charge in [-0.15, -0.1) is 0 Å². The van der Waals surface area contributed by atoms with Gasteiger partial charge in [0.05, 0.1) is 11.7 Å². The second kappa shape index (κ2) is 6.19. The summed E-state index contributed by atoms with van der Waals surface area (Å²) in [5.74, 6) is 0.904. The summed E-state index contributed by atoms with van der Waals surface area (Å²) in [6.07, 6.45) is 4.69. The minimum Gasteiger partial charge on any atom is -0.361 e. The standard InChI is InChI=1S/C14H23N3O2/c1-10-8-13(16-19-10)9-17(3)11(2)14(18)15-12-6-4-5-7-12/h8,11-12H,4-7,9H2,1-3H3,(H,15,18). The Hall–Kier alpha value is -1.36. The van der Waals surface area contributed by atoms with Crippen LogP contribution in [0.1, 0.15) is 44.1 Å².